The monoisotopic (exact) mass is 356 g/mol. The van der Waals surface area contributed by atoms with E-state index in [4.69, 9.17) is 9.47 Å². The predicted octanol–water partition coefficient (Wildman–Crippen LogP) is 2.71. The molecule has 1 aromatic rings. The number of rotatable bonds is 3. The summed E-state index contributed by atoms with van der Waals surface area (Å²) in [6, 6.07) is 8.39. The fourth-order valence-electron chi connectivity index (χ4n) is 4.51. The number of likely N-dealkylation sites (tertiary alicyclic amines) is 1. The minimum atomic E-state index is -0.382. The number of allylic oxidation sites excluding steroid dienone is 1. The maximum absolute atomic E-state index is 12.8. The van der Waals surface area contributed by atoms with Crippen LogP contribution in [0.25, 0.3) is 0 Å². The number of piperidine rings is 1. The molecule has 5 heteroatoms. The number of benzene rings is 1. The molecule has 5 nitrogen and oxygen atoms in total. The number of ketones is 1. The summed E-state index contributed by atoms with van der Waals surface area (Å²) < 4.78 is 11.5. The highest BCUT2D eigenvalue weighted by molar-refractivity contribution is 5.94. The number of hydrogen-bond donors (Lipinski definition) is 0. The van der Waals surface area contributed by atoms with Crippen molar-refractivity contribution in [1.29, 1.82) is 0 Å². The summed E-state index contributed by atoms with van der Waals surface area (Å²) in [5.41, 5.74) is 3.38. The second-order valence-electron chi connectivity index (χ2n) is 8.08. The van der Waals surface area contributed by atoms with Crippen LogP contribution in [0.5, 0.6) is 0 Å². The minimum Gasteiger partial charge on any atom is -0.347 e. The molecule has 0 radical (unpaired) electrons. The SMILES string of the molecule is CN1/C(=C\C(=O)CN2CCC3(CC2)OCCO3)C(C)(C)c2ccccc21. The number of carbonyl (C=O) groups is 1. The fourth-order valence-corrected chi connectivity index (χ4v) is 4.51. The average Bonchev–Trinajstić information content (AvgIpc) is 3.15. The van der Waals surface area contributed by atoms with Crippen molar-refractivity contribution < 1.29 is 14.3 Å². The van der Waals surface area contributed by atoms with Gasteiger partial charge in [-0.1, -0.05) is 32.0 Å². The van der Waals surface area contributed by atoms with E-state index in [0.717, 1.165) is 31.6 Å². The first kappa shape index (κ1) is 17.7. The van der Waals surface area contributed by atoms with Crippen LogP contribution in [0.3, 0.4) is 0 Å². The molecular formula is C21H28N2O3. The summed E-state index contributed by atoms with van der Waals surface area (Å²) in [7, 11) is 2.05. The summed E-state index contributed by atoms with van der Waals surface area (Å²) in [6.45, 7) is 7.89. The van der Waals surface area contributed by atoms with E-state index in [1.165, 1.54) is 11.3 Å². The number of likely N-dealkylation sites (N-methyl/N-ethyl adjacent to an activating group) is 1. The Morgan fingerprint density at radius 2 is 1.81 bits per heavy atom. The Morgan fingerprint density at radius 1 is 1.15 bits per heavy atom. The molecule has 0 bridgehead atoms. The number of anilines is 1. The van der Waals surface area contributed by atoms with Crippen molar-refractivity contribution in [2.75, 3.05) is 44.8 Å². The summed E-state index contributed by atoms with van der Waals surface area (Å²) in [4.78, 5) is 17.1. The molecular weight excluding hydrogens is 328 g/mol. The highest BCUT2D eigenvalue weighted by Crippen LogP contribution is 2.46. The Bertz CT molecular complexity index is 725. The van der Waals surface area contributed by atoms with Gasteiger partial charge in [0.1, 0.15) is 0 Å². The van der Waals surface area contributed by atoms with Crippen LogP contribution in [0.15, 0.2) is 36.0 Å². The molecule has 0 amide bonds. The summed E-state index contributed by atoms with van der Waals surface area (Å²) in [5.74, 6) is -0.218. The molecule has 1 aromatic carbocycles. The van der Waals surface area contributed by atoms with Gasteiger partial charge in [-0.15, -0.1) is 0 Å². The van der Waals surface area contributed by atoms with Gasteiger partial charge in [0.05, 0.1) is 19.8 Å². The largest absolute Gasteiger partial charge is 0.347 e. The van der Waals surface area contributed by atoms with E-state index in [1.807, 2.05) is 19.2 Å². The molecule has 3 heterocycles. The van der Waals surface area contributed by atoms with Gasteiger partial charge >= 0.3 is 0 Å². The van der Waals surface area contributed by atoms with Gasteiger partial charge < -0.3 is 14.4 Å². The van der Waals surface area contributed by atoms with E-state index in [1.54, 1.807) is 0 Å². The average molecular weight is 356 g/mol. The van der Waals surface area contributed by atoms with Crippen molar-refractivity contribution in [2.45, 2.75) is 37.9 Å². The third-order valence-corrected chi connectivity index (χ3v) is 6.05. The lowest BCUT2D eigenvalue weighted by atomic mass is 9.83. The van der Waals surface area contributed by atoms with Gasteiger partial charge in [0, 0.05) is 55.9 Å². The Labute approximate surface area is 155 Å². The zero-order valence-electron chi connectivity index (χ0n) is 16.0. The molecule has 0 unspecified atom stereocenters. The van der Waals surface area contributed by atoms with Crippen molar-refractivity contribution in [3.63, 3.8) is 0 Å². The third kappa shape index (κ3) is 2.98. The maximum Gasteiger partial charge on any atom is 0.171 e. The second kappa shape index (κ2) is 6.48. The standard InChI is InChI=1S/C21H28N2O3/c1-20(2)17-6-4-5-7-18(17)22(3)19(20)14-16(24)15-23-10-8-21(9-11-23)25-12-13-26-21/h4-7,14H,8-13,15H2,1-3H3/b19-14-. The molecule has 1 spiro atoms. The van der Waals surface area contributed by atoms with Crippen LogP contribution in [0, 0.1) is 0 Å². The van der Waals surface area contributed by atoms with Gasteiger partial charge in [0.2, 0.25) is 0 Å². The van der Waals surface area contributed by atoms with Crippen LogP contribution >= 0.6 is 0 Å². The van der Waals surface area contributed by atoms with Crippen LogP contribution in [0.1, 0.15) is 32.3 Å². The third-order valence-electron chi connectivity index (χ3n) is 6.05. The van der Waals surface area contributed by atoms with Gasteiger partial charge in [-0.25, -0.2) is 0 Å². The van der Waals surface area contributed by atoms with Gasteiger partial charge in [0.25, 0.3) is 0 Å². The second-order valence-corrected chi connectivity index (χ2v) is 8.08. The molecule has 4 rings (SSSR count). The molecule has 140 valence electrons. The van der Waals surface area contributed by atoms with Crippen LogP contribution in [-0.4, -0.2) is 56.4 Å². The van der Waals surface area contributed by atoms with Gasteiger partial charge in [-0.05, 0) is 11.6 Å². The molecule has 0 aliphatic carbocycles. The highest BCUT2D eigenvalue weighted by atomic mass is 16.7. The Kier molecular flexibility index (Phi) is 4.41. The van der Waals surface area contributed by atoms with Gasteiger partial charge in [0.15, 0.2) is 11.6 Å². The minimum absolute atomic E-state index is 0.154. The molecule has 0 N–H and O–H groups in total. The first-order chi connectivity index (χ1) is 12.4. The van der Waals surface area contributed by atoms with Gasteiger partial charge in [-0.3, -0.25) is 9.69 Å². The Balaban J connectivity index is 1.43. The van der Waals surface area contributed by atoms with Crippen molar-refractivity contribution in [3.05, 3.63) is 41.6 Å². The van der Waals surface area contributed by atoms with Crippen LogP contribution in [0.4, 0.5) is 5.69 Å². The van der Waals surface area contributed by atoms with Gasteiger partial charge in [-0.2, -0.15) is 0 Å². The van der Waals surface area contributed by atoms with E-state index >= 15 is 0 Å². The van der Waals surface area contributed by atoms with Crippen LogP contribution in [0.2, 0.25) is 0 Å². The van der Waals surface area contributed by atoms with Crippen molar-refractivity contribution in [1.82, 2.24) is 4.90 Å². The number of hydrogen-bond acceptors (Lipinski definition) is 5. The van der Waals surface area contributed by atoms with E-state index in [2.05, 4.69) is 41.8 Å². The predicted molar refractivity (Wildman–Crippen MR) is 101 cm³/mol. The summed E-state index contributed by atoms with van der Waals surface area (Å²) in [5, 5.41) is 0. The number of fused-ring (bicyclic) bond motifs is 1. The summed E-state index contributed by atoms with van der Waals surface area (Å²) >= 11 is 0. The number of ether oxygens (including phenoxy) is 2. The Hall–Kier alpha value is -1.69. The van der Waals surface area contributed by atoms with Crippen molar-refractivity contribution >= 4 is 11.5 Å². The Morgan fingerprint density at radius 3 is 2.46 bits per heavy atom. The zero-order chi connectivity index (χ0) is 18.4. The van der Waals surface area contributed by atoms with Crippen molar-refractivity contribution in [2.24, 2.45) is 0 Å². The van der Waals surface area contributed by atoms with E-state index in [9.17, 15) is 4.79 Å². The summed E-state index contributed by atoms with van der Waals surface area (Å²) in [6.07, 6.45) is 3.52. The van der Waals surface area contributed by atoms with Crippen LogP contribution in [-0.2, 0) is 19.7 Å². The maximum atomic E-state index is 12.8. The topological polar surface area (TPSA) is 42.0 Å². The normalized spacial score (nSPS) is 25.8. The fraction of sp³-hybridized carbons (Fsp3) is 0.571. The first-order valence-electron chi connectivity index (χ1n) is 9.50. The molecule has 3 aliphatic heterocycles. The lowest BCUT2D eigenvalue weighted by Crippen LogP contribution is -2.46. The zero-order valence-corrected chi connectivity index (χ0v) is 16.0. The first-order valence-corrected chi connectivity index (χ1v) is 9.50. The molecule has 0 aromatic heterocycles. The quantitative estimate of drug-likeness (QED) is 0.779. The molecule has 26 heavy (non-hydrogen) atoms. The molecule has 2 saturated heterocycles. The molecule has 0 atom stereocenters. The number of carbonyl (C=O) groups excluding carboxylic acids is 1. The van der Waals surface area contributed by atoms with Crippen LogP contribution < -0.4 is 4.90 Å². The number of para-hydroxylation sites is 1. The molecule has 3 aliphatic rings. The molecule has 2 fully saturated rings. The van der Waals surface area contributed by atoms with Crippen molar-refractivity contribution in [3.8, 4) is 0 Å². The lowest BCUT2D eigenvalue weighted by molar-refractivity contribution is -0.185. The number of nitrogens with zero attached hydrogens (tertiary/aromatic N) is 2. The highest BCUT2D eigenvalue weighted by Gasteiger charge is 2.41. The lowest BCUT2D eigenvalue weighted by Gasteiger charge is -2.37. The van der Waals surface area contributed by atoms with E-state index < -0.39 is 0 Å². The smallest absolute Gasteiger partial charge is 0.171 e. The van der Waals surface area contributed by atoms with E-state index in [0.29, 0.717) is 19.8 Å². The molecule has 0 saturated carbocycles. The van der Waals surface area contributed by atoms with E-state index in [-0.39, 0.29) is 17.0 Å².